The van der Waals surface area contributed by atoms with Crippen molar-refractivity contribution in [1.29, 1.82) is 0 Å². The molecule has 2 aliphatic heterocycles. The van der Waals surface area contributed by atoms with Crippen molar-refractivity contribution in [2.45, 2.75) is 38.1 Å². The van der Waals surface area contributed by atoms with Crippen LogP contribution in [0.15, 0.2) is 11.8 Å². The Balaban J connectivity index is 1.96. The summed E-state index contributed by atoms with van der Waals surface area (Å²) >= 11 is 0. The molecule has 0 aromatic carbocycles. The van der Waals surface area contributed by atoms with Crippen LogP contribution in [-0.2, 0) is 36.4 Å². The minimum atomic E-state index is -5.66. The second-order valence-electron chi connectivity index (χ2n) is 5.93. The highest BCUT2D eigenvalue weighted by Crippen LogP contribution is 2.66. The zero-order valence-electron chi connectivity index (χ0n) is 14.5. The number of carbonyl (C=O) groups is 1. The predicted octanol–water partition coefficient (Wildman–Crippen LogP) is -1.58. The van der Waals surface area contributed by atoms with Gasteiger partial charge in [-0.1, -0.05) is 0 Å². The molecule has 29 heavy (non-hydrogen) atoms. The molecular formula is C10H19N2O14P3. The number of ether oxygens (including phenoxy) is 1. The van der Waals surface area contributed by atoms with Crippen molar-refractivity contribution in [2.75, 3.05) is 6.61 Å². The van der Waals surface area contributed by atoms with Gasteiger partial charge < -0.3 is 44.7 Å². The lowest BCUT2D eigenvalue weighted by molar-refractivity contribution is -0.143. The Hall–Kier alpha value is -0.700. The third-order valence-corrected chi connectivity index (χ3v) is 7.40. The monoisotopic (exact) mass is 484 g/mol. The molecule has 0 aliphatic carbocycles. The van der Waals surface area contributed by atoms with E-state index in [1.165, 1.54) is 18.0 Å². The SMILES string of the molecule is CC1=CN([C@H]2CC(O)[C@@H](COP(=O)(O)OP(=O)(O)OP(=O)(O)O)O2)C(O)NC1=O. The second kappa shape index (κ2) is 8.81. The fourth-order valence-corrected chi connectivity index (χ4v) is 5.45. The average molecular weight is 484 g/mol. The number of aliphatic hydroxyl groups is 2. The molecule has 1 amide bonds. The maximum atomic E-state index is 11.7. The van der Waals surface area contributed by atoms with Crippen molar-refractivity contribution in [2.24, 2.45) is 0 Å². The number of phosphoric ester groups is 1. The van der Waals surface area contributed by atoms with Gasteiger partial charge in [-0.2, -0.15) is 8.62 Å². The number of nitrogens with one attached hydrogen (secondary N) is 1. The lowest BCUT2D eigenvalue weighted by Crippen LogP contribution is -2.53. The molecule has 16 nitrogen and oxygen atoms in total. The summed E-state index contributed by atoms with van der Waals surface area (Å²) in [6.45, 7) is 0.618. The van der Waals surface area contributed by atoms with Gasteiger partial charge in [0.05, 0.1) is 12.7 Å². The molecule has 0 saturated carbocycles. The number of aliphatic hydroxyl groups excluding tert-OH is 2. The summed E-state index contributed by atoms with van der Waals surface area (Å²) in [5.74, 6) is -0.517. The van der Waals surface area contributed by atoms with Crippen molar-refractivity contribution >= 4 is 29.4 Å². The van der Waals surface area contributed by atoms with E-state index in [0.717, 1.165) is 0 Å². The zero-order valence-corrected chi connectivity index (χ0v) is 17.2. The molecule has 2 heterocycles. The Labute approximate surface area is 163 Å². The number of carbonyl (C=O) groups excluding carboxylic acids is 1. The van der Waals surface area contributed by atoms with Crippen LogP contribution in [0.5, 0.6) is 0 Å². The minimum Gasteiger partial charge on any atom is -0.390 e. The van der Waals surface area contributed by atoms with E-state index >= 15 is 0 Å². The molecule has 2 rings (SSSR count). The average Bonchev–Trinajstić information content (AvgIpc) is 2.86. The molecule has 0 aromatic heterocycles. The normalized spacial score (nSPS) is 32.3. The molecule has 168 valence electrons. The maximum Gasteiger partial charge on any atom is 0.490 e. The molecule has 1 saturated heterocycles. The Morgan fingerprint density at radius 2 is 1.79 bits per heavy atom. The smallest absolute Gasteiger partial charge is 0.390 e. The summed E-state index contributed by atoms with van der Waals surface area (Å²) in [5, 5.41) is 22.1. The van der Waals surface area contributed by atoms with Crippen LogP contribution in [0.1, 0.15) is 13.3 Å². The lowest BCUT2D eigenvalue weighted by Gasteiger charge is -2.35. The number of amides is 1. The third kappa shape index (κ3) is 7.19. The lowest BCUT2D eigenvalue weighted by atomic mass is 10.2. The van der Waals surface area contributed by atoms with E-state index in [-0.39, 0.29) is 12.0 Å². The van der Waals surface area contributed by atoms with Crippen LogP contribution in [-0.4, -0.2) is 72.0 Å². The molecule has 4 unspecified atom stereocenters. The Bertz CT molecular complexity index is 811. The van der Waals surface area contributed by atoms with Gasteiger partial charge in [0.1, 0.15) is 12.3 Å². The van der Waals surface area contributed by atoms with Crippen LogP contribution in [0.2, 0.25) is 0 Å². The Kier molecular flexibility index (Phi) is 7.46. The molecule has 19 heteroatoms. The summed E-state index contributed by atoms with van der Waals surface area (Å²) in [4.78, 5) is 48.0. The van der Waals surface area contributed by atoms with Crippen molar-refractivity contribution in [1.82, 2.24) is 10.2 Å². The fourth-order valence-electron chi connectivity index (χ4n) is 2.42. The van der Waals surface area contributed by atoms with Crippen molar-refractivity contribution in [3.8, 4) is 0 Å². The Morgan fingerprint density at radius 1 is 1.17 bits per heavy atom. The molecular weight excluding hydrogens is 465 g/mol. The van der Waals surface area contributed by atoms with Crippen LogP contribution < -0.4 is 5.32 Å². The highest BCUT2D eigenvalue weighted by molar-refractivity contribution is 7.66. The number of hydrogen-bond donors (Lipinski definition) is 7. The van der Waals surface area contributed by atoms with E-state index in [1.807, 2.05) is 0 Å². The van der Waals surface area contributed by atoms with Gasteiger partial charge in [0.2, 0.25) is 6.35 Å². The van der Waals surface area contributed by atoms with Crippen LogP contribution >= 0.6 is 23.5 Å². The molecule has 1 fully saturated rings. The van der Waals surface area contributed by atoms with E-state index in [0.29, 0.717) is 0 Å². The first-order valence-electron chi connectivity index (χ1n) is 7.65. The van der Waals surface area contributed by atoms with Crippen molar-refractivity contribution in [3.05, 3.63) is 11.8 Å². The minimum absolute atomic E-state index is 0.110. The highest BCUT2D eigenvalue weighted by Gasteiger charge is 2.44. The summed E-state index contributed by atoms with van der Waals surface area (Å²) in [5.41, 5.74) is 0.241. The molecule has 0 spiro atoms. The first kappa shape index (κ1) is 24.6. The first-order valence-corrected chi connectivity index (χ1v) is 12.2. The van der Waals surface area contributed by atoms with Crippen molar-refractivity contribution < 1.29 is 66.2 Å². The van der Waals surface area contributed by atoms with E-state index in [4.69, 9.17) is 19.4 Å². The third-order valence-electron chi connectivity index (χ3n) is 3.60. The van der Waals surface area contributed by atoms with E-state index in [9.17, 15) is 33.6 Å². The van der Waals surface area contributed by atoms with Gasteiger partial charge >= 0.3 is 23.5 Å². The number of nitrogens with zero attached hydrogens (tertiary/aromatic N) is 1. The highest BCUT2D eigenvalue weighted by atomic mass is 31.3. The predicted molar refractivity (Wildman–Crippen MR) is 88.8 cm³/mol. The number of rotatable bonds is 8. The van der Waals surface area contributed by atoms with E-state index < -0.39 is 60.8 Å². The second-order valence-corrected chi connectivity index (χ2v) is 10.3. The standard InChI is InChI=1S/C10H19N2O14P3/c1-5-3-12(10(15)11-9(5)14)8-2-6(13)7(24-8)4-23-28(19,20)26-29(21,22)25-27(16,17)18/h3,6-8,10,13,15H,2,4H2,1H3,(H,11,14)(H,19,20)(H,21,22)(H2,16,17,18)/t6?,7-,8-,10?/m1/s1. The van der Waals surface area contributed by atoms with Gasteiger partial charge in [0, 0.05) is 18.2 Å². The quantitative estimate of drug-likeness (QED) is 0.192. The number of hydrogen-bond acceptors (Lipinski definition) is 11. The molecule has 7 N–H and O–H groups in total. The zero-order chi connectivity index (χ0) is 22.2. The fraction of sp³-hybridized carbons (Fsp3) is 0.700. The largest absolute Gasteiger partial charge is 0.490 e. The summed E-state index contributed by atoms with van der Waals surface area (Å²) in [6.07, 6.45) is -3.79. The van der Waals surface area contributed by atoms with Crippen LogP contribution in [0.4, 0.5) is 0 Å². The van der Waals surface area contributed by atoms with Crippen LogP contribution in [0.3, 0.4) is 0 Å². The van der Waals surface area contributed by atoms with Gasteiger partial charge in [-0.15, -0.1) is 0 Å². The van der Waals surface area contributed by atoms with Gasteiger partial charge in [0.15, 0.2) is 0 Å². The van der Waals surface area contributed by atoms with Gasteiger partial charge in [-0.05, 0) is 6.92 Å². The summed E-state index contributed by atoms with van der Waals surface area (Å²) in [6, 6.07) is 0. The van der Waals surface area contributed by atoms with Crippen LogP contribution in [0, 0.1) is 0 Å². The maximum absolute atomic E-state index is 11.7. The summed E-state index contributed by atoms with van der Waals surface area (Å²) in [7, 11) is -16.5. The molecule has 0 radical (unpaired) electrons. The van der Waals surface area contributed by atoms with E-state index in [1.54, 1.807) is 0 Å². The topological polar surface area (TPSA) is 242 Å². The Morgan fingerprint density at radius 3 is 2.38 bits per heavy atom. The molecule has 6 atom stereocenters. The summed E-state index contributed by atoms with van der Waals surface area (Å²) < 4.78 is 50.4. The molecule has 0 bridgehead atoms. The van der Waals surface area contributed by atoms with E-state index in [2.05, 4.69) is 18.5 Å². The van der Waals surface area contributed by atoms with Crippen molar-refractivity contribution in [3.63, 3.8) is 0 Å². The van der Waals surface area contributed by atoms with Gasteiger partial charge in [-0.3, -0.25) is 9.32 Å². The first-order chi connectivity index (χ1) is 13.1. The molecule has 0 aromatic rings. The van der Waals surface area contributed by atoms with Crippen LogP contribution in [0.25, 0.3) is 0 Å². The van der Waals surface area contributed by atoms with Gasteiger partial charge in [-0.25, -0.2) is 13.7 Å². The number of phosphoric acid groups is 3. The molecule has 2 aliphatic rings. The van der Waals surface area contributed by atoms with Gasteiger partial charge in [0.25, 0.3) is 5.91 Å².